The van der Waals surface area contributed by atoms with Crippen LogP contribution in [0.25, 0.3) is 6.08 Å². The molecule has 0 spiro atoms. The lowest BCUT2D eigenvalue weighted by Crippen LogP contribution is -1.65. The highest BCUT2D eigenvalue weighted by molar-refractivity contribution is 7.13. The summed E-state index contributed by atoms with van der Waals surface area (Å²) in [4.78, 5) is 2.70. The zero-order valence-electron chi connectivity index (χ0n) is 6.92. The van der Waals surface area contributed by atoms with Gasteiger partial charge in [0.2, 0.25) is 0 Å². The molecule has 0 fully saturated rings. The van der Waals surface area contributed by atoms with Gasteiger partial charge in [0.05, 0.1) is 0 Å². The zero-order valence-corrected chi connectivity index (χ0v) is 7.74. The molecule has 1 heterocycles. The molecular weight excluding hydrogens is 152 g/mol. The van der Waals surface area contributed by atoms with Gasteiger partial charge in [-0.05, 0) is 31.6 Å². The Balaban J connectivity index is 2.93. The second kappa shape index (κ2) is 3.54. The lowest BCUT2D eigenvalue weighted by molar-refractivity contribution is 1.50. The van der Waals surface area contributed by atoms with Crippen LogP contribution >= 0.6 is 11.3 Å². The fourth-order valence-electron chi connectivity index (χ4n) is 0.980. The standard InChI is InChI=1S/C10H12S/c1-4-5-6-10-8(2)7-9(3)11-10/h4-7H,1H2,2-3H3/b6-5-. The van der Waals surface area contributed by atoms with E-state index in [0.29, 0.717) is 0 Å². The number of hydrogen-bond donors (Lipinski definition) is 0. The highest BCUT2D eigenvalue weighted by Crippen LogP contribution is 2.21. The van der Waals surface area contributed by atoms with Gasteiger partial charge in [-0.2, -0.15) is 0 Å². The first-order chi connectivity index (χ1) is 5.24. The molecule has 1 aromatic heterocycles. The fraction of sp³-hybridized carbons (Fsp3) is 0.200. The molecule has 11 heavy (non-hydrogen) atoms. The van der Waals surface area contributed by atoms with Gasteiger partial charge in [-0.3, -0.25) is 0 Å². The third-order valence-electron chi connectivity index (χ3n) is 1.46. The number of allylic oxidation sites excluding steroid dienone is 2. The molecule has 0 unspecified atom stereocenters. The molecule has 0 aliphatic heterocycles. The van der Waals surface area contributed by atoms with Crippen LogP contribution in [0, 0.1) is 13.8 Å². The summed E-state index contributed by atoms with van der Waals surface area (Å²) >= 11 is 1.82. The Bertz CT molecular complexity index is 279. The van der Waals surface area contributed by atoms with E-state index in [1.165, 1.54) is 15.3 Å². The van der Waals surface area contributed by atoms with E-state index in [1.807, 2.05) is 17.4 Å². The van der Waals surface area contributed by atoms with Crippen LogP contribution in [0.15, 0.2) is 24.8 Å². The van der Waals surface area contributed by atoms with Crippen molar-refractivity contribution in [1.82, 2.24) is 0 Å². The molecule has 1 aromatic rings. The van der Waals surface area contributed by atoms with E-state index in [2.05, 4.69) is 32.6 Å². The number of aryl methyl sites for hydroxylation is 2. The quantitative estimate of drug-likeness (QED) is 0.586. The van der Waals surface area contributed by atoms with Crippen LogP contribution in [-0.4, -0.2) is 0 Å². The van der Waals surface area contributed by atoms with Crippen molar-refractivity contribution < 1.29 is 0 Å². The Kier molecular flexibility index (Phi) is 2.66. The van der Waals surface area contributed by atoms with E-state index in [9.17, 15) is 0 Å². The van der Waals surface area contributed by atoms with Crippen LogP contribution in [0.2, 0.25) is 0 Å². The molecule has 0 radical (unpaired) electrons. The summed E-state index contributed by atoms with van der Waals surface area (Å²) in [6.07, 6.45) is 5.87. The number of thiophene rings is 1. The fourth-order valence-corrected chi connectivity index (χ4v) is 1.93. The molecule has 1 heteroatoms. The molecule has 0 atom stereocenters. The first kappa shape index (κ1) is 8.28. The average Bonchev–Trinajstić information content (AvgIpc) is 2.26. The van der Waals surface area contributed by atoms with Crippen molar-refractivity contribution in [3.8, 4) is 0 Å². The summed E-state index contributed by atoms with van der Waals surface area (Å²) in [6, 6.07) is 2.20. The molecule has 0 saturated carbocycles. The molecule has 0 bridgehead atoms. The molecule has 58 valence electrons. The maximum Gasteiger partial charge on any atom is 0.0302 e. The minimum atomic E-state index is 1.34. The van der Waals surface area contributed by atoms with E-state index in [4.69, 9.17) is 0 Å². The van der Waals surface area contributed by atoms with Crippen molar-refractivity contribution in [2.75, 3.05) is 0 Å². The van der Waals surface area contributed by atoms with Crippen LogP contribution in [0.3, 0.4) is 0 Å². The van der Waals surface area contributed by atoms with E-state index in [-0.39, 0.29) is 0 Å². The Labute approximate surface area is 71.9 Å². The van der Waals surface area contributed by atoms with Crippen LogP contribution in [-0.2, 0) is 0 Å². The van der Waals surface area contributed by atoms with Gasteiger partial charge in [0.15, 0.2) is 0 Å². The third kappa shape index (κ3) is 2.05. The minimum absolute atomic E-state index is 1.34. The third-order valence-corrected chi connectivity index (χ3v) is 2.58. The summed E-state index contributed by atoms with van der Waals surface area (Å²) in [5.74, 6) is 0. The molecule has 0 saturated heterocycles. The predicted octanol–water partition coefficient (Wildman–Crippen LogP) is 3.56. The molecule has 0 nitrogen and oxygen atoms in total. The van der Waals surface area contributed by atoms with Crippen LogP contribution in [0.5, 0.6) is 0 Å². The predicted molar refractivity (Wildman–Crippen MR) is 53.0 cm³/mol. The van der Waals surface area contributed by atoms with Crippen molar-refractivity contribution in [2.45, 2.75) is 13.8 Å². The molecule has 1 rings (SSSR count). The van der Waals surface area contributed by atoms with E-state index in [0.717, 1.165) is 0 Å². The first-order valence-electron chi connectivity index (χ1n) is 3.60. The summed E-state index contributed by atoms with van der Waals surface area (Å²) in [7, 11) is 0. The summed E-state index contributed by atoms with van der Waals surface area (Å²) in [5.41, 5.74) is 1.35. The van der Waals surface area contributed by atoms with Crippen molar-refractivity contribution in [3.05, 3.63) is 40.1 Å². The Morgan fingerprint density at radius 1 is 1.45 bits per heavy atom. The van der Waals surface area contributed by atoms with E-state index < -0.39 is 0 Å². The Morgan fingerprint density at radius 3 is 2.64 bits per heavy atom. The molecule has 0 aliphatic rings. The highest BCUT2D eigenvalue weighted by Gasteiger charge is 1.96. The highest BCUT2D eigenvalue weighted by atomic mass is 32.1. The van der Waals surface area contributed by atoms with Crippen molar-refractivity contribution >= 4 is 17.4 Å². The lowest BCUT2D eigenvalue weighted by Gasteiger charge is -1.85. The van der Waals surface area contributed by atoms with Gasteiger partial charge in [-0.15, -0.1) is 11.3 Å². The first-order valence-corrected chi connectivity index (χ1v) is 4.42. The van der Waals surface area contributed by atoms with Crippen molar-refractivity contribution in [3.63, 3.8) is 0 Å². The van der Waals surface area contributed by atoms with Crippen molar-refractivity contribution in [1.29, 1.82) is 0 Å². The monoisotopic (exact) mass is 164 g/mol. The SMILES string of the molecule is C=C/C=C\c1sc(C)cc1C. The van der Waals surface area contributed by atoms with E-state index >= 15 is 0 Å². The van der Waals surface area contributed by atoms with Gasteiger partial charge in [-0.25, -0.2) is 0 Å². The Morgan fingerprint density at radius 2 is 2.18 bits per heavy atom. The molecule has 0 N–H and O–H groups in total. The topological polar surface area (TPSA) is 0 Å². The van der Waals surface area contributed by atoms with Gasteiger partial charge in [-0.1, -0.05) is 18.7 Å². The second-order valence-electron chi connectivity index (χ2n) is 2.50. The van der Waals surface area contributed by atoms with E-state index in [1.54, 1.807) is 6.08 Å². The largest absolute Gasteiger partial charge is 0.141 e. The molecular formula is C10H12S. The molecule has 0 aromatic carbocycles. The van der Waals surface area contributed by atoms with Gasteiger partial charge in [0.25, 0.3) is 0 Å². The van der Waals surface area contributed by atoms with Gasteiger partial charge in [0.1, 0.15) is 0 Å². The maximum absolute atomic E-state index is 3.63. The number of hydrogen-bond acceptors (Lipinski definition) is 1. The lowest BCUT2D eigenvalue weighted by atomic mass is 10.2. The summed E-state index contributed by atoms with van der Waals surface area (Å²) in [5, 5.41) is 0. The minimum Gasteiger partial charge on any atom is -0.141 e. The van der Waals surface area contributed by atoms with Crippen molar-refractivity contribution in [2.24, 2.45) is 0 Å². The molecule has 0 amide bonds. The van der Waals surface area contributed by atoms with Crippen LogP contribution < -0.4 is 0 Å². The van der Waals surface area contributed by atoms with Gasteiger partial charge < -0.3 is 0 Å². The summed E-state index contributed by atoms with van der Waals surface area (Å²) < 4.78 is 0. The Hall–Kier alpha value is -0.820. The average molecular weight is 164 g/mol. The summed E-state index contributed by atoms with van der Waals surface area (Å²) in [6.45, 7) is 7.89. The zero-order chi connectivity index (χ0) is 8.27. The number of rotatable bonds is 2. The van der Waals surface area contributed by atoms with Gasteiger partial charge in [0, 0.05) is 9.75 Å². The smallest absolute Gasteiger partial charge is 0.0302 e. The molecule has 0 aliphatic carbocycles. The second-order valence-corrected chi connectivity index (χ2v) is 3.79. The van der Waals surface area contributed by atoms with Crippen LogP contribution in [0.4, 0.5) is 0 Å². The van der Waals surface area contributed by atoms with Gasteiger partial charge >= 0.3 is 0 Å². The van der Waals surface area contributed by atoms with Crippen LogP contribution in [0.1, 0.15) is 15.3 Å². The maximum atomic E-state index is 3.63. The normalized spacial score (nSPS) is 10.7.